The second-order valence-corrected chi connectivity index (χ2v) is 5.88. The molecule has 3 rings (SSSR count). The summed E-state index contributed by atoms with van der Waals surface area (Å²) >= 11 is 5.91. The molecule has 122 valence electrons. The zero-order chi connectivity index (χ0) is 16.4. The quantitative estimate of drug-likeness (QED) is 0.888. The van der Waals surface area contributed by atoms with E-state index >= 15 is 0 Å². The van der Waals surface area contributed by atoms with E-state index in [4.69, 9.17) is 11.6 Å². The van der Waals surface area contributed by atoms with Crippen LogP contribution in [0.15, 0.2) is 24.7 Å². The van der Waals surface area contributed by atoms with E-state index in [2.05, 4.69) is 20.3 Å². The predicted octanol–water partition coefficient (Wildman–Crippen LogP) is 4.57. The van der Waals surface area contributed by atoms with Crippen LogP contribution in [-0.4, -0.2) is 21.0 Å². The lowest BCUT2D eigenvalue weighted by molar-refractivity contribution is -0.137. The number of aromatic nitrogens is 3. The minimum Gasteiger partial charge on any atom is -0.351 e. The minimum atomic E-state index is -4.47. The summed E-state index contributed by atoms with van der Waals surface area (Å²) in [7, 11) is 0. The van der Waals surface area contributed by atoms with Crippen molar-refractivity contribution in [2.75, 3.05) is 5.32 Å². The van der Waals surface area contributed by atoms with E-state index in [0.717, 1.165) is 25.1 Å². The summed E-state index contributed by atoms with van der Waals surface area (Å²) in [6, 6.07) is 1.24. The number of rotatable bonds is 3. The molecule has 1 saturated carbocycles. The van der Waals surface area contributed by atoms with Crippen LogP contribution in [0.2, 0.25) is 5.02 Å². The minimum absolute atomic E-state index is 0.0834. The molecule has 1 fully saturated rings. The van der Waals surface area contributed by atoms with Crippen LogP contribution in [0, 0.1) is 0 Å². The van der Waals surface area contributed by atoms with Crippen molar-refractivity contribution in [3.63, 3.8) is 0 Å². The van der Waals surface area contributed by atoms with Gasteiger partial charge < -0.3 is 5.32 Å². The lowest BCUT2D eigenvalue weighted by atomic mass is 10.2. The Bertz CT molecular complexity index is 682. The maximum atomic E-state index is 12.6. The van der Waals surface area contributed by atoms with E-state index in [0.29, 0.717) is 17.6 Å². The number of nitrogens with one attached hydrogen (secondary N) is 1. The zero-order valence-electron chi connectivity index (χ0n) is 12.1. The SMILES string of the molecule is FC(F)(F)c1cnc(-c2cnc(NC3CCCC3)nc2)c(Cl)c1. The summed E-state index contributed by atoms with van der Waals surface area (Å²) in [5.41, 5.74) is -0.181. The van der Waals surface area contributed by atoms with E-state index in [9.17, 15) is 13.2 Å². The molecule has 0 unspecified atom stereocenters. The standard InChI is InChI=1S/C15H14ClF3N4/c16-12-5-10(15(17,18)19)8-20-13(12)9-6-21-14(22-7-9)23-11-3-1-2-4-11/h5-8,11H,1-4H2,(H,21,22,23). The van der Waals surface area contributed by atoms with Crippen molar-refractivity contribution >= 4 is 17.5 Å². The van der Waals surface area contributed by atoms with Gasteiger partial charge in [0.15, 0.2) is 0 Å². The van der Waals surface area contributed by atoms with Crippen molar-refractivity contribution in [2.24, 2.45) is 0 Å². The molecular formula is C15H14ClF3N4. The fourth-order valence-corrected chi connectivity index (χ4v) is 2.86. The predicted molar refractivity (Wildman–Crippen MR) is 81.2 cm³/mol. The second-order valence-electron chi connectivity index (χ2n) is 5.47. The van der Waals surface area contributed by atoms with Gasteiger partial charge in [-0.15, -0.1) is 0 Å². The maximum absolute atomic E-state index is 12.6. The summed E-state index contributed by atoms with van der Waals surface area (Å²) in [5.74, 6) is 0.503. The van der Waals surface area contributed by atoms with Crippen LogP contribution in [-0.2, 0) is 6.18 Å². The van der Waals surface area contributed by atoms with Crippen LogP contribution in [0.1, 0.15) is 31.2 Å². The molecule has 0 spiro atoms. The topological polar surface area (TPSA) is 50.7 Å². The van der Waals surface area contributed by atoms with E-state index in [-0.39, 0.29) is 10.7 Å². The Morgan fingerprint density at radius 2 is 1.70 bits per heavy atom. The van der Waals surface area contributed by atoms with Gasteiger partial charge in [0, 0.05) is 30.2 Å². The first-order valence-electron chi connectivity index (χ1n) is 7.25. The van der Waals surface area contributed by atoms with Crippen molar-refractivity contribution in [2.45, 2.75) is 37.9 Å². The Kier molecular flexibility index (Phi) is 4.39. The Hall–Kier alpha value is -1.89. The van der Waals surface area contributed by atoms with Crippen molar-refractivity contribution in [3.8, 4) is 11.3 Å². The van der Waals surface area contributed by atoms with Crippen molar-refractivity contribution < 1.29 is 13.2 Å². The van der Waals surface area contributed by atoms with E-state index in [1.165, 1.54) is 25.2 Å². The Morgan fingerprint density at radius 1 is 1.04 bits per heavy atom. The number of anilines is 1. The third kappa shape index (κ3) is 3.72. The van der Waals surface area contributed by atoms with Crippen LogP contribution in [0.3, 0.4) is 0 Å². The molecule has 1 N–H and O–H groups in total. The highest BCUT2D eigenvalue weighted by molar-refractivity contribution is 6.33. The molecule has 0 radical (unpaired) electrons. The maximum Gasteiger partial charge on any atom is 0.417 e. The molecule has 1 aliphatic rings. The van der Waals surface area contributed by atoms with Crippen LogP contribution in [0.5, 0.6) is 0 Å². The summed E-state index contributed by atoms with van der Waals surface area (Å²) in [5, 5.41) is 3.16. The van der Waals surface area contributed by atoms with Gasteiger partial charge in [-0.05, 0) is 18.9 Å². The summed E-state index contributed by atoms with van der Waals surface area (Å²) < 4.78 is 37.9. The normalized spacial score (nSPS) is 15.8. The molecule has 0 bridgehead atoms. The third-order valence-electron chi connectivity index (χ3n) is 3.78. The lowest BCUT2D eigenvalue weighted by Gasteiger charge is -2.12. The lowest BCUT2D eigenvalue weighted by Crippen LogP contribution is -2.16. The molecule has 0 aliphatic heterocycles. The number of nitrogens with zero attached hydrogens (tertiary/aromatic N) is 3. The summed E-state index contributed by atoms with van der Waals surface area (Å²) in [6.07, 6.45) is 3.88. The van der Waals surface area contributed by atoms with Crippen molar-refractivity contribution in [1.29, 1.82) is 0 Å². The third-order valence-corrected chi connectivity index (χ3v) is 4.07. The summed E-state index contributed by atoms with van der Waals surface area (Å²) in [4.78, 5) is 12.2. The Balaban J connectivity index is 1.79. The number of hydrogen-bond donors (Lipinski definition) is 1. The van der Waals surface area contributed by atoms with Gasteiger partial charge >= 0.3 is 6.18 Å². The van der Waals surface area contributed by atoms with Gasteiger partial charge in [0.25, 0.3) is 0 Å². The van der Waals surface area contributed by atoms with Gasteiger partial charge in [-0.3, -0.25) is 4.98 Å². The number of hydrogen-bond acceptors (Lipinski definition) is 4. The molecule has 1 aliphatic carbocycles. The second kappa shape index (κ2) is 6.31. The average Bonchev–Trinajstić information content (AvgIpc) is 3.00. The molecule has 8 heteroatoms. The Labute approximate surface area is 136 Å². The highest BCUT2D eigenvalue weighted by Gasteiger charge is 2.31. The van der Waals surface area contributed by atoms with E-state index < -0.39 is 11.7 Å². The van der Waals surface area contributed by atoms with Gasteiger partial charge in [-0.25, -0.2) is 9.97 Å². The van der Waals surface area contributed by atoms with E-state index in [1.54, 1.807) is 0 Å². The molecule has 0 amide bonds. The smallest absolute Gasteiger partial charge is 0.351 e. The highest BCUT2D eigenvalue weighted by Crippen LogP contribution is 2.33. The number of pyridine rings is 1. The Morgan fingerprint density at radius 3 is 2.26 bits per heavy atom. The molecule has 2 aromatic rings. The molecule has 2 aromatic heterocycles. The number of halogens is 4. The van der Waals surface area contributed by atoms with Gasteiger partial charge in [0.2, 0.25) is 5.95 Å². The highest BCUT2D eigenvalue weighted by atomic mass is 35.5. The van der Waals surface area contributed by atoms with Gasteiger partial charge in [0.1, 0.15) is 0 Å². The van der Waals surface area contributed by atoms with Crippen LogP contribution >= 0.6 is 11.6 Å². The fourth-order valence-electron chi connectivity index (χ4n) is 2.58. The van der Waals surface area contributed by atoms with Gasteiger partial charge in [-0.1, -0.05) is 24.4 Å². The molecule has 4 nitrogen and oxygen atoms in total. The van der Waals surface area contributed by atoms with E-state index in [1.807, 2.05) is 0 Å². The molecule has 2 heterocycles. The molecule has 0 aromatic carbocycles. The molecule has 0 atom stereocenters. The van der Waals surface area contributed by atoms with Gasteiger partial charge in [-0.2, -0.15) is 13.2 Å². The fraction of sp³-hybridized carbons (Fsp3) is 0.400. The zero-order valence-corrected chi connectivity index (χ0v) is 12.8. The van der Waals surface area contributed by atoms with Crippen LogP contribution in [0.25, 0.3) is 11.3 Å². The van der Waals surface area contributed by atoms with Gasteiger partial charge in [0.05, 0.1) is 16.3 Å². The molecule has 0 saturated heterocycles. The monoisotopic (exact) mass is 342 g/mol. The first-order chi connectivity index (χ1) is 10.9. The largest absolute Gasteiger partial charge is 0.417 e. The number of alkyl halides is 3. The average molecular weight is 343 g/mol. The van der Waals surface area contributed by atoms with Crippen molar-refractivity contribution in [3.05, 3.63) is 35.2 Å². The first kappa shape index (κ1) is 16.0. The van der Waals surface area contributed by atoms with Crippen molar-refractivity contribution in [1.82, 2.24) is 15.0 Å². The molecule has 23 heavy (non-hydrogen) atoms. The van der Waals surface area contributed by atoms with Crippen LogP contribution < -0.4 is 5.32 Å². The first-order valence-corrected chi connectivity index (χ1v) is 7.63. The molecular weight excluding hydrogens is 329 g/mol. The van der Waals surface area contributed by atoms with Crippen LogP contribution in [0.4, 0.5) is 19.1 Å². The summed E-state index contributed by atoms with van der Waals surface area (Å²) in [6.45, 7) is 0.